The number of hydrogen-bond donors (Lipinski definition) is 2. The third kappa shape index (κ3) is 6.36. The van der Waals surface area contributed by atoms with Gasteiger partial charge in [0, 0.05) is 11.6 Å². The van der Waals surface area contributed by atoms with Gasteiger partial charge in [0.15, 0.2) is 5.11 Å². The number of ether oxygens (including phenoxy) is 1. The number of hydrogen-bond acceptors (Lipinski definition) is 3. The average Bonchev–Trinajstić information content (AvgIpc) is 2.69. The zero-order chi connectivity index (χ0) is 18.9. The van der Waals surface area contributed by atoms with Crippen molar-refractivity contribution in [1.29, 1.82) is 0 Å². The Kier molecular flexibility index (Phi) is 7.22. The van der Waals surface area contributed by atoms with Crippen molar-refractivity contribution in [3.05, 3.63) is 65.2 Å². The molecule has 1 fully saturated rings. The normalized spacial score (nSPS) is 14.9. The van der Waals surface area contributed by atoms with Gasteiger partial charge in [0.2, 0.25) is 0 Å². The molecule has 2 aromatic carbocycles. The van der Waals surface area contributed by atoms with Gasteiger partial charge in [-0.1, -0.05) is 61.2 Å². The second-order valence-corrected chi connectivity index (χ2v) is 7.40. The van der Waals surface area contributed by atoms with E-state index in [0.717, 1.165) is 16.9 Å². The molecule has 0 aromatic heterocycles. The van der Waals surface area contributed by atoms with Crippen LogP contribution in [0.1, 0.15) is 48.8 Å². The summed E-state index contributed by atoms with van der Waals surface area (Å²) in [7, 11) is 0. The Balaban J connectivity index is 1.52. The van der Waals surface area contributed by atoms with Crippen LogP contribution in [0, 0.1) is 6.92 Å². The van der Waals surface area contributed by atoms with Gasteiger partial charge in [0.25, 0.3) is 0 Å². The van der Waals surface area contributed by atoms with Crippen LogP contribution in [0.3, 0.4) is 0 Å². The summed E-state index contributed by atoms with van der Waals surface area (Å²) in [6.45, 7) is 2.61. The molecule has 142 valence electrons. The Morgan fingerprint density at radius 1 is 1.11 bits per heavy atom. The summed E-state index contributed by atoms with van der Waals surface area (Å²) in [5.41, 5.74) is 6.22. The van der Waals surface area contributed by atoms with Gasteiger partial charge in [0.05, 0.1) is 6.21 Å². The van der Waals surface area contributed by atoms with Gasteiger partial charge < -0.3 is 10.1 Å². The lowest BCUT2D eigenvalue weighted by molar-refractivity contribution is 0.306. The number of thiocarbonyl (C=S) groups is 1. The SMILES string of the molecule is Cc1ccc(COc2ccccc2/C=N\NC(=S)NC2CCCCC2)cc1. The van der Waals surface area contributed by atoms with Crippen LogP contribution in [0.2, 0.25) is 0 Å². The molecule has 1 aliphatic carbocycles. The molecule has 0 aliphatic heterocycles. The van der Waals surface area contributed by atoms with Crippen molar-refractivity contribution >= 4 is 23.5 Å². The molecule has 0 amide bonds. The first kappa shape index (κ1) is 19.4. The van der Waals surface area contributed by atoms with E-state index in [0.29, 0.717) is 17.8 Å². The van der Waals surface area contributed by atoms with Crippen molar-refractivity contribution in [2.75, 3.05) is 0 Å². The minimum absolute atomic E-state index is 0.471. The minimum Gasteiger partial charge on any atom is -0.488 e. The molecular weight excluding hydrogens is 354 g/mol. The summed E-state index contributed by atoms with van der Waals surface area (Å²) in [6, 6.07) is 16.7. The highest BCUT2D eigenvalue weighted by atomic mass is 32.1. The van der Waals surface area contributed by atoms with E-state index < -0.39 is 0 Å². The highest BCUT2D eigenvalue weighted by molar-refractivity contribution is 7.80. The van der Waals surface area contributed by atoms with Gasteiger partial charge >= 0.3 is 0 Å². The van der Waals surface area contributed by atoms with Gasteiger partial charge in [-0.15, -0.1) is 0 Å². The Bertz CT molecular complexity index is 767. The van der Waals surface area contributed by atoms with Gasteiger partial charge in [0.1, 0.15) is 12.4 Å². The molecule has 0 atom stereocenters. The predicted octanol–water partition coefficient (Wildman–Crippen LogP) is 4.70. The summed E-state index contributed by atoms with van der Waals surface area (Å²) in [5.74, 6) is 0.801. The topological polar surface area (TPSA) is 45.6 Å². The van der Waals surface area contributed by atoms with Crippen molar-refractivity contribution in [3.8, 4) is 5.75 Å². The maximum absolute atomic E-state index is 5.97. The third-order valence-electron chi connectivity index (χ3n) is 4.74. The number of benzene rings is 2. The van der Waals surface area contributed by atoms with E-state index in [1.165, 1.54) is 37.7 Å². The van der Waals surface area contributed by atoms with Crippen molar-refractivity contribution in [1.82, 2.24) is 10.7 Å². The molecule has 0 radical (unpaired) electrons. The fraction of sp³-hybridized carbons (Fsp3) is 0.364. The van der Waals surface area contributed by atoms with E-state index in [2.05, 4.69) is 47.0 Å². The van der Waals surface area contributed by atoms with Crippen LogP contribution in [-0.2, 0) is 6.61 Å². The van der Waals surface area contributed by atoms with E-state index in [1.807, 2.05) is 24.3 Å². The zero-order valence-corrected chi connectivity index (χ0v) is 16.6. The van der Waals surface area contributed by atoms with Crippen LogP contribution in [0.25, 0.3) is 0 Å². The molecule has 5 heteroatoms. The molecule has 0 heterocycles. The van der Waals surface area contributed by atoms with Crippen LogP contribution < -0.4 is 15.5 Å². The maximum Gasteiger partial charge on any atom is 0.187 e. The van der Waals surface area contributed by atoms with Crippen molar-refractivity contribution in [2.45, 2.75) is 51.7 Å². The zero-order valence-electron chi connectivity index (χ0n) is 15.8. The summed E-state index contributed by atoms with van der Waals surface area (Å²) in [5, 5.41) is 8.20. The van der Waals surface area contributed by atoms with Gasteiger partial charge in [-0.05, 0) is 49.7 Å². The molecule has 0 bridgehead atoms. The minimum atomic E-state index is 0.471. The quantitative estimate of drug-likeness (QED) is 0.432. The van der Waals surface area contributed by atoms with Gasteiger partial charge in [-0.2, -0.15) is 5.10 Å². The molecule has 3 rings (SSSR count). The van der Waals surface area contributed by atoms with E-state index in [9.17, 15) is 0 Å². The molecule has 4 nitrogen and oxygen atoms in total. The summed E-state index contributed by atoms with van der Waals surface area (Å²) >= 11 is 5.34. The van der Waals surface area contributed by atoms with Gasteiger partial charge in [-0.25, -0.2) is 0 Å². The number of nitrogens with one attached hydrogen (secondary N) is 2. The summed E-state index contributed by atoms with van der Waals surface area (Å²) in [4.78, 5) is 0. The van der Waals surface area contributed by atoms with Crippen LogP contribution >= 0.6 is 12.2 Å². The van der Waals surface area contributed by atoms with Crippen molar-refractivity contribution in [2.24, 2.45) is 5.10 Å². The Hall–Kier alpha value is -2.40. The molecule has 1 aliphatic rings. The fourth-order valence-corrected chi connectivity index (χ4v) is 3.41. The number of nitrogens with zero attached hydrogens (tertiary/aromatic N) is 1. The first-order chi connectivity index (χ1) is 13.2. The molecule has 0 saturated heterocycles. The smallest absolute Gasteiger partial charge is 0.187 e. The van der Waals surface area contributed by atoms with Crippen LogP contribution in [-0.4, -0.2) is 17.4 Å². The van der Waals surface area contributed by atoms with E-state index >= 15 is 0 Å². The monoisotopic (exact) mass is 381 g/mol. The Morgan fingerprint density at radius 2 is 1.85 bits per heavy atom. The first-order valence-electron chi connectivity index (χ1n) is 9.57. The molecule has 2 N–H and O–H groups in total. The highest BCUT2D eigenvalue weighted by Crippen LogP contribution is 2.18. The molecule has 0 spiro atoms. The average molecular weight is 382 g/mol. The number of aryl methyl sites for hydroxylation is 1. The second-order valence-electron chi connectivity index (χ2n) is 6.99. The molecular formula is C22H27N3OS. The van der Waals surface area contributed by atoms with Crippen LogP contribution in [0.4, 0.5) is 0 Å². The first-order valence-corrected chi connectivity index (χ1v) is 9.98. The van der Waals surface area contributed by atoms with Crippen molar-refractivity contribution in [3.63, 3.8) is 0 Å². The predicted molar refractivity (Wildman–Crippen MR) is 115 cm³/mol. The third-order valence-corrected chi connectivity index (χ3v) is 4.95. The lowest BCUT2D eigenvalue weighted by atomic mass is 9.96. The molecule has 1 saturated carbocycles. The van der Waals surface area contributed by atoms with Crippen molar-refractivity contribution < 1.29 is 4.74 Å². The standard InChI is InChI=1S/C22H27N3OS/c1-17-11-13-18(14-12-17)16-26-21-10-6-5-7-19(21)15-23-25-22(27)24-20-8-3-2-4-9-20/h5-7,10-15,20H,2-4,8-9,16H2,1H3,(H2,24,25,27)/b23-15-. The van der Waals surface area contributed by atoms with E-state index in [4.69, 9.17) is 17.0 Å². The lowest BCUT2D eigenvalue weighted by Gasteiger charge is -2.23. The highest BCUT2D eigenvalue weighted by Gasteiger charge is 2.13. The molecule has 2 aromatic rings. The fourth-order valence-electron chi connectivity index (χ4n) is 3.19. The van der Waals surface area contributed by atoms with Gasteiger partial charge in [-0.3, -0.25) is 5.43 Å². The van der Waals surface area contributed by atoms with Crippen LogP contribution in [0.15, 0.2) is 53.6 Å². The second kappa shape index (κ2) is 10.1. The Morgan fingerprint density at radius 3 is 2.63 bits per heavy atom. The van der Waals surface area contributed by atoms with E-state index in [1.54, 1.807) is 6.21 Å². The maximum atomic E-state index is 5.97. The number of hydrazone groups is 1. The summed E-state index contributed by atoms with van der Waals surface area (Å²) in [6.07, 6.45) is 7.99. The largest absolute Gasteiger partial charge is 0.488 e. The number of rotatable bonds is 6. The van der Waals surface area contributed by atoms with E-state index in [-0.39, 0.29) is 0 Å². The summed E-state index contributed by atoms with van der Waals surface area (Å²) < 4.78 is 5.97. The molecule has 27 heavy (non-hydrogen) atoms. The Labute approximate surface area is 167 Å². The van der Waals surface area contributed by atoms with Crippen LogP contribution in [0.5, 0.6) is 5.75 Å². The number of para-hydroxylation sites is 1. The lowest BCUT2D eigenvalue weighted by Crippen LogP contribution is -2.40. The molecule has 0 unspecified atom stereocenters.